The molecule has 110 valence electrons. The maximum Gasteiger partial charge on any atom is 0.409 e. The van der Waals surface area contributed by atoms with E-state index in [1.54, 1.807) is 11.8 Å². The third-order valence-electron chi connectivity index (χ3n) is 3.51. The fraction of sp³-hybridized carbons (Fsp3) is 0.533. The van der Waals surface area contributed by atoms with Gasteiger partial charge in [0.25, 0.3) is 0 Å². The maximum atomic E-state index is 11.7. The van der Waals surface area contributed by atoms with Gasteiger partial charge in [-0.15, -0.1) is 0 Å². The number of benzene rings is 1. The van der Waals surface area contributed by atoms with Gasteiger partial charge in [-0.1, -0.05) is 30.3 Å². The summed E-state index contributed by atoms with van der Waals surface area (Å²) < 4.78 is 5.01. The first-order valence-corrected chi connectivity index (χ1v) is 7.07. The van der Waals surface area contributed by atoms with Gasteiger partial charge in [0.05, 0.1) is 18.8 Å². The molecule has 1 amide bonds. The average Bonchev–Trinajstić information content (AvgIpc) is 2.47. The van der Waals surface area contributed by atoms with Crippen molar-refractivity contribution in [3.8, 4) is 0 Å². The SMILES string of the molecule is CCOC(=O)N1CC[C@H](O)[C@@H](NCc2ccccc2)C1. The summed E-state index contributed by atoms with van der Waals surface area (Å²) in [5, 5.41) is 13.4. The molecule has 0 saturated carbocycles. The Bertz CT molecular complexity index is 424. The van der Waals surface area contributed by atoms with Gasteiger partial charge in [-0.2, -0.15) is 0 Å². The molecule has 0 spiro atoms. The van der Waals surface area contributed by atoms with E-state index in [0.29, 0.717) is 32.7 Å². The van der Waals surface area contributed by atoms with Crippen molar-refractivity contribution in [1.29, 1.82) is 0 Å². The highest BCUT2D eigenvalue weighted by Crippen LogP contribution is 2.13. The lowest BCUT2D eigenvalue weighted by molar-refractivity contribution is 0.0373. The first-order chi connectivity index (χ1) is 9.70. The molecule has 0 unspecified atom stereocenters. The van der Waals surface area contributed by atoms with Crippen molar-refractivity contribution in [3.05, 3.63) is 35.9 Å². The Labute approximate surface area is 119 Å². The lowest BCUT2D eigenvalue weighted by Crippen LogP contribution is -2.54. The first-order valence-electron chi connectivity index (χ1n) is 7.07. The summed E-state index contributed by atoms with van der Waals surface area (Å²) in [6, 6.07) is 9.89. The van der Waals surface area contributed by atoms with Crippen molar-refractivity contribution in [3.63, 3.8) is 0 Å². The predicted octanol–water partition coefficient (Wildman–Crippen LogP) is 1.37. The highest BCUT2D eigenvalue weighted by atomic mass is 16.6. The summed E-state index contributed by atoms with van der Waals surface area (Å²) in [7, 11) is 0. The molecule has 2 N–H and O–H groups in total. The van der Waals surface area contributed by atoms with Crippen LogP contribution >= 0.6 is 0 Å². The highest BCUT2D eigenvalue weighted by molar-refractivity contribution is 5.67. The number of carbonyl (C=O) groups excluding carboxylic acids is 1. The van der Waals surface area contributed by atoms with Gasteiger partial charge >= 0.3 is 6.09 Å². The number of ether oxygens (including phenoxy) is 1. The third kappa shape index (κ3) is 3.95. The minimum Gasteiger partial charge on any atom is -0.450 e. The molecule has 2 rings (SSSR count). The zero-order valence-corrected chi connectivity index (χ0v) is 11.8. The van der Waals surface area contributed by atoms with E-state index in [1.165, 1.54) is 0 Å². The smallest absolute Gasteiger partial charge is 0.409 e. The molecule has 20 heavy (non-hydrogen) atoms. The van der Waals surface area contributed by atoms with Crippen LogP contribution in [0.3, 0.4) is 0 Å². The van der Waals surface area contributed by atoms with E-state index < -0.39 is 6.10 Å². The van der Waals surface area contributed by atoms with Gasteiger partial charge in [0.15, 0.2) is 0 Å². The van der Waals surface area contributed by atoms with Crippen molar-refractivity contribution in [1.82, 2.24) is 10.2 Å². The summed E-state index contributed by atoms with van der Waals surface area (Å²) in [6.07, 6.45) is -0.152. The topological polar surface area (TPSA) is 61.8 Å². The van der Waals surface area contributed by atoms with Crippen LogP contribution in [0.5, 0.6) is 0 Å². The molecule has 1 aliphatic rings. The fourth-order valence-electron chi connectivity index (χ4n) is 2.37. The Morgan fingerprint density at radius 2 is 2.20 bits per heavy atom. The molecule has 1 aromatic carbocycles. The Kier molecular flexibility index (Phi) is 5.38. The van der Waals surface area contributed by atoms with Crippen LogP contribution in [-0.4, -0.2) is 47.9 Å². The van der Waals surface area contributed by atoms with E-state index in [0.717, 1.165) is 5.56 Å². The molecular weight excluding hydrogens is 256 g/mol. The Morgan fingerprint density at radius 3 is 2.90 bits per heavy atom. The second kappa shape index (κ2) is 7.26. The van der Waals surface area contributed by atoms with Crippen LogP contribution in [0.4, 0.5) is 4.79 Å². The molecule has 1 fully saturated rings. The van der Waals surface area contributed by atoms with E-state index in [9.17, 15) is 9.90 Å². The number of nitrogens with one attached hydrogen (secondary N) is 1. The zero-order chi connectivity index (χ0) is 14.4. The molecule has 0 bridgehead atoms. The van der Waals surface area contributed by atoms with Crippen molar-refractivity contribution in [2.45, 2.75) is 32.0 Å². The van der Waals surface area contributed by atoms with Crippen LogP contribution in [0.15, 0.2) is 30.3 Å². The minimum atomic E-state index is -0.426. The normalized spacial score (nSPS) is 22.6. The third-order valence-corrected chi connectivity index (χ3v) is 3.51. The van der Waals surface area contributed by atoms with Gasteiger partial charge in [0, 0.05) is 19.6 Å². The van der Waals surface area contributed by atoms with Crippen LogP contribution in [0.1, 0.15) is 18.9 Å². The number of amides is 1. The van der Waals surface area contributed by atoms with Gasteiger partial charge in [0.2, 0.25) is 0 Å². The van der Waals surface area contributed by atoms with Crippen molar-refractivity contribution in [2.24, 2.45) is 0 Å². The molecule has 1 saturated heterocycles. The molecule has 0 aliphatic carbocycles. The Morgan fingerprint density at radius 1 is 1.45 bits per heavy atom. The number of piperidine rings is 1. The van der Waals surface area contributed by atoms with E-state index in [-0.39, 0.29) is 12.1 Å². The molecule has 1 heterocycles. The number of likely N-dealkylation sites (tertiary alicyclic amines) is 1. The number of aliphatic hydroxyl groups is 1. The number of nitrogens with zero attached hydrogens (tertiary/aromatic N) is 1. The Hall–Kier alpha value is -1.59. The van der Waals surface area contributed by atoms with Gasteiger partial charge in [-0.25, -0.2) is 4.79 Å². The second-order valence-corrected chi connectivity index (χ2v) is 4.97. The molecule has 1 aromatic rings. The van der Waals surface area contributed by atoms with E-state index >= 15 is 0 Å². The lowest BCUT2D eigenvalue weighted by Gasteiger charge is -2.36. The van der Waals surface area contributed by atoms with Crippen LogP contribution in [0, 0.1) is 0 Å². The van der Waals surface area contributed by atoms with Crippen LogP contribution in [0.2, 0.25) is 0 Å². The van der Waals surface area contributed by atoms with Gasteiger partial charge in [-0.3, -0.25) is 0 Å². The van der Waals surface area contributed by atoms with Crippen molar-refractivity contribution >= 4 is 6.09 Å². The summed E-state index contributed by atoms with van der Waals surface area (Å²) in [5.74, 6) is 0. The second-order valence-electron chi connectivity index (χ2n) is 4.97. The predicted molar refractivity (Wildman–Crippen MR) is 76.3 cm³/mol. The van der Waals surface area contributed by atoms with E-state index in [2.05, 4.69) is 5.32 Å². The lowest BCUT2D eigenvalue weighted by atomic mass is 10.0. The average molecular weight is 278 g/mol. The van der Waals surface area contributed by atoms with E-state index in [4.69, 9.17) is 4.74 Å². The largest absolute Gasteiger partial charge is 0.450 e. The van der Waals surface area contributed by atoms with Crippen molar-refractivity contribution in [2.75, 3.05) is 19.7 Å². The van der Waals surface area contributed by atoms with Gasteiger partial charge in [0.1, 0.15) is 0 Å². The highest BCUT2D eigenvalue weighted by Gasteiger charge is 2.30. The summed E-state index contributed by atoms with van der Waals surface area (Å²) in [5.41, 5.74) is 1.16. The van der Waals surface area contributed by atoms with Gasteiger partial charge in [-0.05, 0) is 18.9 Å². The summed E-state index contributed by atoms with van der Waals surface area (Å²) in [6.45, 7) is 3.87. The number of carbonyl (C=O) groups is 1. The fourth-order valence-corrected chi connectivity index (χ4v) is 2.37. The van der Waals surface area contributed by atoms with Crippen LogP contribution < -0.4 is 5.32 Å². The molecule has 5 nitrogen and oxygen atoms in total. The monoisotopic (exact) mass is 278 g/mol. The van der Waals surface area contributed by atoms with Gasteiger partial charge < -0.3 is 20.1 Å². The van der Waals surface area contributed by atoms with Crippen LogP contribution in [0.25, 0.3) is 0 Å². The molecule has 1 aliphatic heterocycles. The molecule has 5 heteroatoms. The van der Waals surface area contributed by atoms with Crippen molar-refractivity contribution < 1.29 is 14.6 Å². The quantitative estimate of drug-likeness (QED) is 0.873. The maximum absolute atomic E-state index is 11.7. The minimum absolute atomic E-state index is 0.117. The number of hydrogen-bond donors (Lipinski definition) is 2. The standard InChI is InChI=1S/C15H22N2O3/c1-2-20-15(19)17-9-8-14(18)13(11-17)16-10-12-6-4-3-5-7-12/h3-7,13-14,16,18H,2,8-11H2,1H3/t13-,14-/m0/s1. The first kappa shape index (κ1) is 14.8. The Balaban J connectivity index is 1.87. The van der Waals surface area contributed by atoms with Crippen LogP contribution in [-0.2, 0) is 11.3 Å². The molecule has 0 radical (unpaired) electrons. The molecular formula is C15H22N2O3. The molecule has 2 atom stereocenters. The summed E-state index contributed by atoms with van der Waals surface area (Å²) >= 11 is 0. The number of hydrogen-bond acceptors (Lipinski definition) is 4. The summed E-state index contributed by atoms with van der Waals surface area (Å²) in [4.78, 5) is 13.4. The van der Waals surface area contributed by atoms with E-state index in [1.807, 2.05) is 30.3 Å². The molecule has 0 aromatic heterocycles. The zero-order valence-electron chi connectivity index (χ0n) is 11.8. The number of rotatable bonds is 4. The number of aliphatic hydroxyl groups excluding tert-OH is 1.